The van der Waals surface area contributed by atoms with Crippen molar-refractivity contribution in [1.29, 1.82) is 0 Å². The SMILES string of the molecule is CC(NC=O)c1cncnc1. The molecule has 1 aromatic rings. The molecule has 1 aromatic heterocycles. The standard InChI is InChI=1S/C7H9N3O/c1-6(10-5-11)7-2-8-4-9-3-7/h2-6H,1H3,(H,10,11). The fourth-order valence-corrected chi connectivity index (χ4v) is 0.733. The highest BCUT2D eigenvalue weighted by Crippen LogP contribution is 2.06. The van der Waals surface area contributed by atoms with Crippen LogP contribution in [0, 0.1) is 0 Å². The maximum atomic E-state index is 10.0. The van der Waals surface area contributed by atoms with Crippen LogP contribution in [0.2, 0.25) is 0 Å². The summed E-state index contributed by atoms with van der Waals surface area (Å²) >= 11 is 0. The van der Waals surface area contributed by atoms with E-state index in [-0.39, 0.29) is 6.04 Å². The van der Waals surface area contributed by atoms with Gasteiger partial charge in [0.15, 0.2) is 0 Å². The average Bonchev–Trinajstić information content (AvgIpc) is 2.07. The Balaban J connectivity index is 2.68. The second-order valence-corrected chi connectivity index (χ2v) is 2.18. The summed E-state index contributed by atoms with van der Waals surface area (Å²) in [5, 5.41) is 2.60. The largest absolute Gasteiger partial charge is 0.352 e. The van der Waals surface area contributed by atoms with Crippen LogP contribution < -0.4 is 5.32 Å². The number of amides is 1. The third-order valence-electron chi connectivity index (χ3n) is 1.40. The topological polar surface area (TPSA) is 54.9 Å². The first-order valence-corrected chi connectivity index (χ1v) is 3.29. The van der Waals surface area contributed by atoms with Crippen LogP contribution in [0.4, 0.5) is 0 Å². The molecule has 0 aliphatic heterocycles. The zero-order chi connectivity index (χ0) is 8.10. The van der Waals surface area contributed by atoms with Crippen LogP contribution in [-0.4, -0.2) is 16.4 Å². The molecule has 0 aliphatic rings. The molecule has 58 valence electrons. The van der Waals surface area contributed by atoms with Gasteiger partial charge in [0.05, 0.1) is 6.04 Å². The first-order chi connectivity index (χ1) is 5.34. The van der Waals surface area contributed by atoms with Gasteiger partial charge in [-0.3, -0.25) is 4.79 Å². The maximum Gasteiger partial charge on any atom is 0.207 e. The fraction of sp³-hybridized carbons (Fsp3) is 0.286. The van der Waals surface area contributed by atoms with Gasteiger partial charge in [-0.15, -0.1) is 0 Å². The molecule has 1 atom stereocenters. The first-order valence-electron chi connectivity index (χ1n) is 3.29. The van der Waals surface area contributed by atoms with Crippen molar-refractivity contribution in [2.24, 2.45) is 0 Å². The van der Waals surface area contributed by atoms with Gasteiger partial charge in [-0.25, -0.2) is 9.97 Å². The fourth-order valence-electron chi connectivity index (χ4n) is 0.733. The predicted molar refractivity (Wildman–Crippen MR) is 39.6 cm³/mol. The van der Waals surface area contributed by atoms with Crippen LogP contribution in [0.15, 0.2) is 18.7 Å². The van der Waals surface area contributed by atoms with Crippen molar-refractivity contribution in [1.82, 2.24) is 15.3 Å². The minimum Gasteiger partial charge on any atom is -0.352 e. The molecular formula is C7H9N3O. The van der Waals surface area contributed by atoms with E-state index in [1.807, 2.05) is 6.92 Å². The number of nitrogens with zero attached hydrogens (tertiary/aromatic N) is 2. The second kappa shape index (κ2) is 3.65. The lowest BCUT2D eigenvalue weighted by Gasteiger charge is -2.07. The number of nitrogens with one attached hydrogen (secondary N) is 1. The highest BCUT2D eigenvalue weighted by atomic mass is 16.1. The van der Waals surface area contributed by atoms with Gasteiger partial charge in [0.2, 0.25) is 6.41 Å². The Kier molecular flexibility index (Phi) is 2.54. The van der Waals surface area contributed by atoms with Gasteiger partial charge >= 0.3 is 0 Å². The molecule has 1 rings (SSSR count). The molecule has 0 radical (unpaired) electrons. The monoisotopic (exact) mass is 151 g/mol. The predicted octanol–water partition coefficient (Wildman–Crippen LogP) is 0.284. The summed E-state index contributed by atoms with van der Waals surface area (Å²) in [6.07, 6.45) is 5.47. The van der Waals surface area contributed by atoms with Gasteiger partial charge in [-0.1, -0.05) is 0 Å². The molecule has 0 saturated carbocycles. The van der Waals surface area contributed by atoms with E-state index < -0.39 is 0 Å². The van der Waals surface area contributed by atoms with Gasteiger partial charge in [-0.05, 0) is 6.92 Å². The highest BCUT2D eigenvalue weighted by Gasteiger charge is 2.01. The number of carbonyl (C=O) groups excluding carboxylic acids is 1. The van der Waals surface area contributed by atoms with E-state index in [4.69, 9.17) is 0 Å². The normalized spacial score (nSPS) is 12.1. The third kappa shape index (κ3) is 2.00. The molecule has 0 aliphatic carbocycles. The van der Waals surface area contributed by atoms with Crippen molar-refractivity contribution in [3.05, 3.63) is 24.3 Å². The Morgan fingerprint density at radius 3 is 2.73 bits per heavy atom. The number of hydrogen-bond acceptors (Lipinski definition) is 3. The van der Waals surface area contributed by atoms with E-state index >= 15 is 0 Å². The smallest absolute Gasteiger partial charge is 0.207 e. The Labute approximate surface area is 64.7 Å². The zero-order valence-corrected chi connectivity index (χ0v) is 6.19. The van der Waals surface area contributed by atoms with Crippen LogP contribution >= 0.6 is 0 Å². The van der Waals surface area contributed by atoms with E-state index in [9.17, 15) is 4.79 Å². The van der Waals surface area contributed by atoms with Crippen LogP contribution in [0.5, 0.6) is 0 Å². The maximum absolute atomic E-state index is 10.0. The van der Waals surface area contributed by atoms with Crippen molar-refractivity contribution < 1.29 is 4.79 Å². The molecule has 4 nitrogen and oxygen atoms in total. The summed E-state index contributed by atoms with van der Waals surface area (Å²) in [6.45, 7) is 1.87. The molecule has 0 spiro atoms. The van der Waals surface area contributed by atoms with E-state index in [0.29, 0.717) is 6.41 Å². The van der Waals surface area contributed by atoms with Crippen LogP contribution in [0.1, 0.15) is 18.5 Å². The number of hydrogen-bond donors (Lipinski definition) is 1. The van der Waals surface area contributed by atoms with E-state index in [0.717, 1.165) is 5.56 Å². The molecule has 1 heterocycles. The summed E-state index contributed by atoms with van der Waals surface area (Å²) in [4.78, 5) is 17.7. The number of aromatic nitrogens is 2. The number of carbonyl (C=O) groups is 1. The summed E-state index contributed by atoms with van der Waals surface area (Å²) < 4.78 is 0. The second-order valence-electron chi connectivity index (χ2n) is 2.18. The summed E-state index contributed by atoms with van der Waals surface area (Å²) in [5.74, 6) is 0. The zero-order valence-electron chi connectivity index (χ0n) is 6.19. The van der Waals surface area contributed by atoms with Gasteiger partial charge in [-0.2, -0.15) is 0 Å². The van der Waals surface area contributed by atoms with E-state index in [2.05, 4.69) is 15.3 Å². The van der Waals surface area contributed by atoms with Crippen LogP contribution in [0.25, 0.3) is 0 Å². The molecule has 1 N–H and O–H groups in total. The van der Waals surface area contributed by atoms with Crippen molar-refractivity contribution in [2.75, 3.05) is 0 Å². The lowest BCUT2D eigenvalue weighted by atomic mass is 10.2. The van der Waals surface area contributed by atoms with E-state index in [1.54, 1.807) is 12.4 Å². The number of rotatable bonds is 3. The van der Waals surface area contributed by atoms with E-state index in [1.165, 1.54) is 6.33 Å². The molecule has 0 fully saturated rings. The summed E-state index contributed by atoms with van der Waals surface area (Å²) in [7, 11) is 0. The molecule has 0 bridgehead atoms. The Morgan fingerprint density at radius 2 is 2.18 bits per heavy atom. The van der Waals surface area contributed by atoms with Gasteiger partial charge in [0.1, 0.15) is 6.33 Å². The molecule has 0 saturated heterocycles. The Bertz CT molecular complexity index is 224. The lowest BCUT2D eigenvalue weighted by molar-refractivity contribution is -0.110. The lowest BCUT2D eigenvalue weighted by Crippen LogP contribution is -2.16. The summed E-state index contributed by atoms with van der Waals surface area (Å²) in [6, 6.07) is -0.0197. The van der Waals surface area contributed by atoms with Crippen molar-refractivity contribution in [3.63, 3.8) is 0 Å². The van der Waals surface area contributed by atoms with Crippen molar-refractivity contribution in [2.45, 2.75) is 13.0 Å². The molecule has 4 heteroatoms. The van der Waals surface area contributed by atoms with Crippen molar-refractivity contribution >= 4 is 6.41 Å². The Morgan fingerprint density at radius 1 is 1.55 bits per heavy atom. The van der Waals surface area contributed by atoms with Crippen LogP contribution in [0.3, 0.4) is 0 Å². The molecular weight excluding hydrogens is 142 g/mol. The highest BCUT2D eigenvalue weighted by molar-refractivity contribution is 5.47. The molecule has 1 amide bonds. The minimum atomic E-state index is -0.0197. The van der Waals surface area contributed by atoms with Crippen molar-refractivity contribution in [3.8, 4) is 0 Å². The Hall–Kier alpha value is -1.45. The molecule has 0 aromatic carbocycles. The molecule has 11 heavy (non-hydrogen) atoms. The average molecular weight is 151 g/mol. The van der Waals surface area contributed by atoms with Gasteiger partial charge in [0, 0.05) is 18.0 Å². The van der Waals surface area contributed by atoms with Gasteiger partial charge in [0.25, 0.3) is 0 Å². The third-order valence-corrected chi connectivity index (χ3v) is 1.40. The first kappa shape index (κ1) is 7.65. The van der Waals surface area contributed by atoms with Gasteiger partial charge < -0.3 is 5.32 Å². The summed E-state index contributed by atoms with van der Waals surface area (Å²) in [5.41, 5.74) is 0.902. The molecule has 1 unspecified atom stereocenters. The minimum absolute atomic E-state index is 0.0197. The quantitative estimate of drug-likeness (QED) is 0.631. The van der Waals surface area contributed by atoms with Crippen LogP contribution in [-0.2, 0) is 4.79 Å².